The van der Waals surface area contributed by atoms with Crippen LogP contribution < -0.4 is 5.11 Å². The molecule has 1 aromatic rings. The first-order valence-corrected chi connectivity index (χ1v) is 5.39. The SMILES string of the molecule is C=CC(=O)OOC(=O)c1c(CC)cccc1C(=O)[O-]. The van der Waals surface area contributed by atoms with Crippen LogP contribution in [-0.4, -0.2) is 17.9 Å². The third-order valence-electron chi connectivity index (χ3n) is 2.32. The minimum absolute atomic E-state index is 0.193. The van der Waals surface area contributed by atoms with Crippen LogP contribution in [0.5, 0.6) is 0 Å². The van der Waals surface area contributed by atoms with E-state index in [1.807, 2.05) is 0 Å². The highest BCUT2D eigenvalue weighted by atomic mass is 17.2. The summed E-state index contributed by atoms with van der Waals surface area (Å²) < 4.78 is 0. The standard InChI is InChI=1S/C13H12O6/c1-3-8-6-5-7-9(12(15)16)11(8)13(17)19-18-10(14)4-2/h4-7H,2-3H2,1H3,(H,15,16)/p-1. The maximum atomic E-state index is 11.7. The summed E-state index contributed by atoms with van der Waals surface area (Å²) in [6.45, 7) is 4.86. The van der Waals surface area contributed by atoms with Crippen molar-refractivity contribution in [1.29, 1.82) is 0 Å². The van der Waals surface area contributed by atoms with E-state index >= 15 is 0 Å². The minimum Gasteiger partial charge on any atom is -0.545 e. The lowest BCUT2D eigenvalue weighted by Crippen LogP contribution is -2.26. The molecule has 0 saturated carbocycles. The third kappa shape index (κ3) is 3.41. The number of aryl methyl sites for hydroxylation is 1. The average molecular weight is 263 g/mol. The molecule has 0 radical (unpaired) electrons. The molecule has 0 aliphatic rings. The fraction of sp³-hybridized carbons (Fsp3) is 0.154. The lowest BCUT2D eigenvalue weighted by atomic mass is 9.99. The molecule has 0 unspecified atom stereocenters. The summed E-state index contributed by atoms with van der Waals surface area (Å²) in [6, 6.07) is 4.26. The molecule has 0 aliphatic heterocycles. The number of rotatable bonds is 4. The van der Waals surface area contributed by atoms with Crippen LogP contribution in [0, 0.1) is 0 Å². The molecule has 0 N–H and O–H groups in total. The zero-order valence-electron chi connectivity index (χ0n) is 10.2. The Morgan fingerprint density at radius 1 is 1.32 bits per heavy atom. The molecule has 1 rings (SSSR count). The molecular weight excluding hydrogens is 252 g/mol. The summed E-state index contributed by atoms with van der Waals surface area (Å²) in [6.07, 6.45) is 1.21. The number of hydrogen-bond donors (Lipinski definition) is 0. The molecule has 0 amide bonds. The van der Waals surface area contributed by atoms with Crippen molar-refractivity contribution < 1.29 is 29.3 Å². The van der Waals surface area contributed by atoms with Crippen LogP contribution in [-0.2, 0) is 21.0 Å². The second kappa shape index (κ2) is 6.34. The van der Waals surface area contributed by atoms with Gasteiger partial charge >= 0.3 is 11.9 Å². The van der Waals surface area contributed by atoms with E-state index in [0.717, 1.165) is 6.08 Å². The van der Waals surface area contributed by atoms with Gasteiger partial charge in [0.1, 0.15) is 0 Å². The number of hydrogen-bond acceptors (Lipinski definition) is 6. The summed E-state index contributed by atoms with van der Waals surface area (Å²) in [4.78, 5) is 41.9. The number of carbonyl (C=O) groups is 3. The Morgan fingerprint density at radius 3 is 2.53 bits per heavy atom. The van der Waals surface area contributed by atoms with Crippen molar-refractivity contribution in [2.75, 3.05) is 0 Å². The van der Waals surface area contributed by atoms with Crippen LogP contribution in [0.25, 0.3) is 0 Å². The molecule has 0 bridgehead atoms. The van der Waals surface area contributed by atoms with Gasteiger partial charge in [-0.25, -0.2) is 19.4 Å². The highest BCUT2D eigenvalue weighted by Crippen LogP contribution is 2.17. The number of carboxylic acids is 1. The first kappa shape index (κ1) is 14.4. The first-order chi connectivity index (χ1) is 9.01. The predicted octanol–water partition coefficient (Wildman–Crippen LogP) is 0.413. The minimum atomic E-state index is -1.52. The molecule has 0 atom stereocenters. The first-order valence-electron chi connectivity index (χ1n) is 5.39. The second-order valence-electron chi connectivity index (χ2n) is 3.46. The Hall–Kier alpha value is -2.63. The summed E-state index contributed by atoms with van der Waals surface area (Å²) in [5.74, 6) is -3.55. The van der Waals surface area contributed by atoms with Crippen LogP contribution in [0.1, 0.15) is 33.2 Å². The van der Waals surface area contributed by atoms with Gasteiger partial charge in [0.05, 0.1) is 11.5 Å². The quantitative estimate of drug-likeness (QED) is 0.444. The maximum Gasteiger partial charge on any atom is 0.387 e. The Morgan fingerprint density at radius 2 is 2.00 bits per heavy atom. The topological polar surface area (TPSA) is 92.7 Å². The molecule has 0 saturated heterocycles. The van der Waals surface area contributed by atoms with Gasteiger partial charge in [-0.05, 0) is 12.0 Å². The van der Waals surface area contributed by atoms with Gasteiger partial charge < -0.3 is 9.90 Å². The third-order valence-corrected chi connectivity index (χ3v) is 2.32. The van der Waals surface area contributed by atoms with Crippen LogP contribution in [0.4, 0.5) is 0 Å². The van der Waals surface area contributed by atoms with Gasteiger partial charge in [-0.1, -0.05) is 31.7 Å². The molecule has 6 heteroatoms. The van der Waals surface area contributed by atoms with E-state index in [0.29, 0.717) is 12.0 Å². The van der Waals surface area contributed by atoms with Gasteiger partial charge in [0.15, 0.2) is 0 Å². The fourth-order valence-corrected chi connectivity index (χ4v) is 1.46. The van der Waals surface area contributed by atoms with Crippen LogP contribution in [0.15, 0.2) is 30.9 Å². The van der Waals surface area contributed by atoms with Gasteiger partial charge in [-0.3, -0.25) is 0 Å². The molecule has 0 spiro atoms. The fourth-order valence-electron chi connectivity index (χ4n) is 1.46. The maximum absolute atomic E-state index is 11.7. The van der Waals surface area contributed by atoms with E-state index in [-0.39, 0.29) is 11.1 Å². The summed E-state index contributed by atoms with van der Waals surface area (Å²) in [5.41, 5.74) is -0.0674. The lowest BCUT2D eigenvalue weighted by molar-refractivity contribution is -0.255. The highest BCUT2D eigenvalue weighted by Gasteiger charge is 2.19. The molecule has 6 nitrogen and oxygen atoms in total. The molecule has 1 aromatic carbocycles. The molecule has 100 valence electrons. The van der Waals surface area contributed by atoms with Crippen LogP contribution >= 0.6 is 0 Å². The van der Waals surface area contributed by atoms with Gasteiger partial charge in [-0.2, -0.15) is 0 Å². The zero-order valence-corrected chi connectivity index (χ0v) is 10.2. The Kier molecular flexibility index (Phi) is 4.82. The molecule has 0 fully saturated rings. The average Bonchev–Trinajstić information content (AvgIpc) is 2.43. The van der Waals surface area contributed by atoms with Crippen molar-refractivity contribution in [2.24, 2.45) is 0 Å². The van der Waals surface area contributed by atoms with Crippen molar-refractivity contribution in [3.63, 3.8) is 0 Å². The van der Waals surface area contributed by atoms with Crippen LogP contribution in [0.2, 0.25) is 0 Å². The van der Waals surface area contributed by atoms with E-state index in [1.165, 1.54) is 12.1 Å². The van der Waals surface area contributed by atoms with Crippen molar-refractivity contribution in [3.8, 4) is 0 Å². The molecule has 0 aromatic heterocycles. The normalized spacial score (nSPS) is 9.53. The second-order valence-corrected chi connectivity index (χ2v) is 3.46. The summed E-state index contributed by atoms with van der Waals surface area (Å²) in [7, 11) is 0. The highest BCUT2D eigenvalue weighted by molar-refractivity contribution is 6.02. The van der Waals surface area contributed by atoms with Crippen molar-refractivity contribution >= 4 is 17.9 Å². The predicted molar refractivity (Wildman–Crippen MR) is 61.9 cm³/mol. The summed E-state index contributed by atoms with van der Waals surface area (Å²) >= 11 is 0. The van der Waals surface area contributed by atoms with E-state index in [4.69, 9.17) is 0 Å². The van der Waals surface area contributed by atoms with E-state index in [1.54, 1.807) is 13.0 Å². The van der Waals surface area contributed by atoms with Gasteiger partial charge in [0, 0.05) is 11.6 Å². The van der Waals surface area contributed by atoms with E-state index in [9.17, 15) is 19.5 Å². The smallest absolute Gasteiger partial charge is 0.387 e. The number of benzene rings is 1. The lowest BCUT2D eigenvalue weighted by Gasteiger charge is -2.12. The molecular formula is C13H11O6-. The van der Waals surface area contributed by atoms with Gasteiger partial charge in [-0.15, -0.1) is 0 Å². The number of carboxylic acid groups (broad SMARTS) is 1. The van der Waals surface area contributed by atoms with E-state index in [2.05, 4.69) is 16.4 Å². The number of carbonyl (C=O) groups excluding carboxylic acids is 3. The zero-order chi connectivity index (χ0) is 14.4. The molecule has 0 aliphatic carbocycles. The molecule has 0 heterocycles. The van der Waals surface area contributed by atoms with Crippen molar-refractivity contribution in [3.05, 3.63) is 47.5 Å². The largest absolute Gasteiger partial charge is 0.545 e. The van der Waals surface area contributed by atoms with E-state index < -0.39 is 17.9 Å². The van der Waals surface area contributed by atoms with Crippen molar-refractivity contribution in [1.82, 2.24) is 0 Å². The van der Waals surface area contributed by atoms with Crippen LogP contribution in [0.3, 0.4) is 0 Å². The Balaban J connectivity index is 3.09. The Labute approximate surface area is 109 Å². The van der Waals surface area contributed by atoms with Gasteiger partial charge in [0.2, 0.25) is 0 Å². The Bertz CT molecular complexity index is 532. The molecule has 19 heavy (non-hydrogen) atoms. The van der Waals surface area contributed by atoms with Gasteiger partial charge in [0.25, 0.3) is 0 Å². The summed E-state index contributed by atoms with van der Waals surface area (Å²) in [5, 5.41) is 10.9. The van der Waals surface area contributed by atoms with Crippen molar-refractivity contribution in [2.45, 2.75) is 13.3 Å². The monoisotopic (exact) mass is 263 g/mol. The number of aromatic carboxylic acids is 1.